The molecule has 6 heteroatoms. The number of rotatable bonds is 7. The quantitative estimate of drug-likeness (QED) is 0.579. The molecule has 20 heavy (non-hydrogen) atoms. The third kappa shape index (κ3) is 3.66. The van der Waals surface area contributed by atoms with Crippen molar-refractivity contribution in [2.75, 3.05) is 5.75 Å². The van der Waals surface area contributed by atoms with Gasteiger partial charge in [-0.1, -0.05) is 11.8 Å². The Morgan fingerprint density at radius 2 is 2.05 bits per heavy atom. The first kappa shape index (κ1) is 14.7. The molecule has 0 aliphatic carbocycles. The van der Waals surface area contributed by atoms with Crippen LogP contribution in [0.2, 0.25) is 0 Å². The van der Waals surface area contributed by atoms with Gasteiger partial charge in [-0.25, -0.2) is 0 Å². The fourth-order valence-corrected chi connectivity index (χ4v) is 2.82. The van der Waals surface area contributed by atoms with Crippen molar-refractivity contribution >= 4 is 17.5 Å². The summed E-state index contributed by atoms with van der Waals surface area (Å²) in [5, 5.41) is 9.42. The minimum atomic E-state index is 0.236. The van der Waals surface area contributed by atoms with Crippen LogP contribution in [-0.4, -0.2) is 31.3 Å². The summed E-state index contributed by atoms with van der Waals surface area (Å²) in [6.07, 6.45) is 5.01. The van der Waals surface area contributed by atoms with Gasteiger partial charge in [0.05, 0.1) is 0 Å². The van der Waals surface area contributed by atoms with Crippen LogP contribution in [0.25, 0.3) is 11.4 Å². The van der Waals surface area contributed by atoms with Crippen molar-refractivity contribution in [3.8, 4) is 11.4 Å². The average Bonchev–Trinajstić information content (AvgIpc) is 2.87. The van der Waals surface area contributed by atoms with E-state index in [9.17, 15) is 4.79 Å². The van der Waals surface area contributed by atoms with E-state index < -0.39 is 0 Å². The summed E-state index contributed by atoms with van der Waals surface area (Å²) in [5.41, 5.74) is 1.02. The zero-order valence-electron chi connectivity index (χ0n) is 11.7. The highest BCUT2D eigenvalue weighted by molar-refractivity contribution is 7.99. The lowest BCUT2D eigenvalue weighted by atomic mass is 10.2. The molecule has 2 heterocycles. The maximum absolute atomic E-state index is 10.9. The van der Waals surface area contributed by atoms with Crippen LogP contribution in [0, 0.1) is 0 Å². The number of pyridine rings is 1. The molecule has 0 fully saturated rings. The van der Waals surface area contributed by atoms with Crippen molar-refractivity contribution in [3.05, 3.63) is 24.5 Å². The molecule has 0 N–H and O–H groups in total. The van der Waals surface area contributed by atoms with Gasteiger partial charge in [0.2, 0.25) is 0 Å². The second-order valence-electron chi connectivity index (χ2n) is 4.44. The molecule has 0 unspecified atom stereocenters. The maximum atomic E-state index is 10.9. The molecule has 106 valence electrons. The normalized spacial score (nSPS) is 10.7. The molecule has 0 spiro atoms. The number of nitrogens with zero attached hydrogens (tertiary/aromatic N) is 4. The van der Waals surface area contributed by atoms with Crippen molar-refractivity contribution in [3.63, 3.8) is 0 Å². The smallest absolute Gasteiger partial charge is 0.191 e. The molecule has 5 nitrogen and oxygen atoms in total. The Morgan fingerprint density at radius 1 is 1.30 bits per heavy atom. The van der Waals surface area contributed by atoms with Gasteiger partial charge >= 0.3 is 0 Å². The highest BCUT2D eigenvalue weighted by Gasteiger charge is 2.12. The molecule has 0 atom stereocenters. The predicted octanol–water partition coefficient (Wildman–Crippen LogP) is 2.82. The van der Waals surface area contributed by atoms with Crippen LogP contribution in [0.3, 0.4) is 0 Å². The molecular weight excluding hydrogens is 272 g/mol. The Balaban J connectivity index is 2.08. The summed E-state index contributed by atoms with van der Waals surface area (Å²) >= 11 is 1.65. The first-order chi connectivity index (χ1) is 9.72. The highest BCUT2D eigenvalue weighted by atomic mass is 32.2. The van der Waals surface area contributed by atoms with Gasteiger partial charge in [0.1, 0.15) is 5.78 Å². The Labute approximate surface area is 122 Å². The lowest BCUT2D eigenvalue weighted by molar-refractivity contribution is -0.117. The minimum Gasteiger partial charge on any atom is -0.302 e. The van der Waals surface area contributed by atoms with E-state index in [1.54, 1.807) is 31.1 Å². The van der Waals surface area contributed by atoms with E-state index in [4.69, 9.17) is 0 Å². The van der Waals surface area contributed by atoms with Crippen molar-refractivity contribution in [1.29, 1.82) is 0 Å². The molecule has 2 aromatic heterocycles. The number of carbonyl (C=O) groups is 1. The van der Waals surface area contributed by atoms with E-state index in [2.05, 4.69) is 26.7 Å². The van der Waals surface area contributed by atoms with Gasteiger partial charge in [-0.2, -0.15) is 0 Å². The van der Waals surface area contributed by atoms with Crippen LogP contribution < -0.4 is 0 Å². The van der Waals surface area contributed by atoms with Crippen LogP contribution in [0.1, 0.15) is 26.7 Å². The van der Waals surface area contributed by atoms with Crippen LogP contribution in [0.15, 0.2) is 29.7 Å². The fraction of sp³-hybridized carbons (Fsp3) is 0.429. The van der Waals surface area contributed by atoms with E-state index in [0.29, 0.717) is 6.42 Å². The molecule has 0 aliphatic rings. The Morgan fingerprint density at radius 3 is 2.70 bits per heavy atom. The number of aromatic nitrogens is 4. The van der Waals surface area contributed by atoms with Crippen LogP contribution >= 0.6 is 11.8 Å². The largest absolute Gasteiger partial charge is 0.302 e. The van der Waals surface area contributed by atoms with Crippen molar-refractivity contribution in [1.82, 2.24) is 19.7 Å². The van der Waals surface area contributed by atoms with E-state index in [0.717, 1.165) is 35.3 Å². The molecule has 2 rings (SSSR count). The lowest BCUT2D eigenvalue weighted by Gasteiger charge is -2.06. The van der Waals surface area contributed by atoms with Crippen molar-refractivity contribution in [2.24, 2.45) is 0 Å². The van der Waals surface area contributed by atoms with Gasteiger partial charge in [-0.3, -0.25) is 4.98 Å². The second kappa shape index (κ2) is 7.19. The minimum absolute atomic E-state index is 0.236. The highest BCUT2D eigenvalue weighted by Crippen LogP contribution is 2.24. The standard InChI is InChI=1S/C14H18N4OS/c1-3-18-13(12-6-8-15-9-7-12)16-17-14(18)20-10-4-5-11(2)19/h6-9H,3-5,10H2,1-2H3. The summed E-state index contributed by atoms with van der Waals surface area (Å²) in [6.45, 7) is 4.52. The molecule has 0 saturated heterocycles. The molecule has 0 saturated carbocycles. The van der Waals surface area contributed by atoms with Crippen LogP contribution in [0.5, 0.6) is 0 Å². The number of Topliss-reactive ketones (excluding diaryl/α,β-unsaturated/α-hetero) is 1. The summed E-state index contributed by atoms with van der Waals surface area (Å²) < 4.78 is 2.09. The molecule has 0 radical (unpaired) electrons. The third-order valence-corrected chi connectivity index (χ3v) is 3.93. The Kier molecular flexibility index (Phi) is 5.29. The number of thioether (sulfide) groups is 1. The fourth-order valence-electron chi connectivity index (χ4n) is 1.88. The monoisotopic (exact) mass is 290 g/mol. The summed E-state index contributed by atoms with van der Waals surface area (Å²) in [6, 6.07) is 3.86. The molecule has 2 aromatic rings. The lowest BCUT2D eigenvalue weighted by Crippen LogP contribution is -2.00. The van der Waals surface area contributed by atoms with Gasteiger partial charge in [0, 0.05) is 36.7 Å². The summed E-state index contributed by atoms with van der Waals surface area (Å²) in [7, 11) is 0. The van der Waals surface area contributed by atoms with E-state index >= 15 is 0 Å². The maximum Gasteiger partial charge on any atom is 0.191 e. The first-order valence-electron chi connectivity index (χ1n) is 6.68. The summed E-state index contributed by atoms with van der Waals surface area (Å²) in [5.74, 6) is 1.98. The summed E-state index contributed by atoms with van der Waals surface area (Å²) in [4.78, 5) is 14.9. The SMILES string of the molecule is CCn1c(SCCCC(C)=O)nnc1-c1ccncc1. The number of ketones is 1. The second-order valence-corrected chi connectivity index (χ2v) is 5.50. The Hall–Kier alpha value is -1.69. The molecule has 0 bridgehead atoms. The molecular formula is C14H18N4OS. The van der Waals surface area contributed by atoms with E-state index in [-0.39, 0.29) is 5.78 Å². The first-order valence-corrected chi connectivity index (χ1v) is 7.66. The Bertz CT molecular complexity index is 568. The van der Waals surface area contributed by atoms with Crippen molar-refractivity contribution in [2.45, 2.75) is 38.4 Å². The molecule has 0 aromatic carbocycles. The van der Waals surface area contributed by atoms with Gasteiger partial charge in [-0.15, -0.1) is 10.2 Å². The zero-order valence-corrected chi connectivity index (χ0v) is 12.6. The van der Waals surface area contributed by atoms with Crippen molar-refractivity contribution < 1.29 is 4.79 Å². The van der Waals surface area contributed by atoms with Gasteiger partial charge in [0.25, 0.3) is 0 Å². The number of carbonyl (C=O) groups excluding carboxylic acids is 1. The molecule has 0 aliphatic heterocycles. The topological polar surface area (TPSA) is 60.7 Å². The van der Waals surface area contributed by atoms with E-state index in [1.807, 2.05) is 12.1 Å². The van der Waals surface area contributed by atoms with E-state index in [1.165, 1.54) is 0 Å². The average molecular weight is 290 g/mol. The predicted molar refractivity (Wildman–Crippen MR) is 79.6 cm³/mol. The molecule has 0 amide bonds. The van der Waals surface area contributed by atoms with Crippen LogP contribution in [0.4, 0.5) is 0 Å². The van der Waals surface area contributed by atoms with Gasteiger partial charge in [-0.05, 0) is 32.4 Å². The number of hydrogen-bond donors (Lipinski definition) is 0. The number of hydrogen-bond acceptors (Lipinski definition) is 5. The van der Waals surface area contributed by atoms with Gasteiger partial charge in [0.15, 0.2) is 11.0 Å². The van der Waals surface area contributed by atoms with Crippen LogP contribution in [-0.2, 0) is 11.3 Å². The van der Waals surface area contributed by atoms with Gasteiger partial charge < -0.3 is 9.36 Å². The zero-order chi connectivity index (χ0) is 14.4. The third-order valence-electron chi connectivity index (χ3n) is 2.88.